The smallest absolute Gasteiger partial charge is 0.0328 e. The van der Waals surface area contributed by atoms with Crippen molar-refractivity contribution in [2.75, 3.05) is 19.0 Å². The third-order valence-corrected chi connectivity index (χ3v) is 7.95. The molecule has 0 atom stereocenters. The van der Waals surface area contributed by atoms with Crippen molar-refractivity contribution >= 4 is 7.92 Å². The van der Waals surface area contributed by atoms with Gasteiger partial charge in [-0.05, 0) is 31.8 Å². The van der Waals surface area contributed by atoms with E-state index in [0.717, 1.165) is 0 Å². The van der Waals surface area contributed by atoms with Crippen LogP contribution >= 0.6 is 7.92 Å². The zero-order chi connectivity index (χ0) is 19.1. The van der Waals surface area contributed by atoms with E-state index in [1.165, 1.54) is 128 Å². The van der Waals surface area contributed by atoms with Gasteiger partial charge in [0.2, 0.25) is 0 Å². The number of hydrogen-bond acceptors (Lipinski definition) is 0. The number of hydrogen-bond donors (Lipinski definition) is 0. The van der Waals surface area contributed by atoms with Crippen molar-refractivity contribution in [1.82, 2.24) is 0 Å². The van der Waals surface area contributed by atoms with Gasteiger partial charge < -0.3 is 0 Å². The summed E-state index contributed by atoms with van der Waals surface area (Å²) in [7, 11) is 0.350. The van der Waals surface area contributed by atoms with E-state index in [4.69, 9.17) is 0 Å². The van der Waals surface area contributed by atoms with Crippen LogP contribution in [0.1, 0.15) is 142 Å². The summed E-state index contributed by atoms with van der Waals surface area (Å²) in [5.41, 5.74) is 0. The first-order valence-corrected chi connectivity index (χ1v) is 14.7. The summed E-state index contributed by atoms with van der Waals surface area (Å²) in [5.74, 6) is 0. The molecule has 1 heteroatoms. The summed E-state index contributed by atoms with van der Waals surface area (Å²) in [5, 5.41) is 0. The van der Waals surface area contributed by atoms with Gasteiger partial charge in [0.1, 0.15) is 0 Å². The molecule has 158 valence electrons. The second kappa shape index (κ2) is 23.5. The summed E-state index contributed by atoms with van der Waals surface area (Å²) < 4.78 is 0. The van der Waals surface area contributed by atoms with Crippen LogP contribution < -0.4 is 0 Å². The maximum Gasteiger partial charge on any atom is -0.0328 e. The average molecular weight is 385 g/mol. The van der Waals surface area contributed by atoms with Crippen LogP contribution in [-0.4, -0.2) is 19.0 Å². The minimum absolute atomic E-state index is 0.350. The molecule has 0 aromatic heterocycles. The highest BCUT2D eigenvalue weighted by atomic mass is 31.1. The lowest BCUT2D eigenvalue weighted by Crippen LogP contribution is -1.91. The Morgan fingerprint density at radius 1 is 0.346 bits per heavy atom. The molecule has 0 rings (SSSR count). The van der Waals surface area contributed by atoms with Gasteiger partial charge in [0.25, 0.3) is 0 Å². The first-order chi connectivity index (χ1) is 12.8. The fourth-order valence-electron chi connectivity index (χ4n) is 3.85. The zero-order valence-corrected chi connectivity index (χ0v) is 19.9. The van der Waals surface area contributed by atoms with E-state index in [2.05, 4.69) is 20.5 Å². The molecule has 0 saturated heterocycles. The highest BCUT2D eigenvalue weighted by molar-refractivity contribution is 7.56. The topological polar surface area (TPSA) is 0 Å². The highest BCUT2D eigenvalue weighted by Crippen LogP contribution is 2.33. The van der Waals surface area contributed by atoms with Crippen LogP contribution in [-0.2, 0) is 0 Å². The monoisotopic (exact) mass is 384 g/mol. The molecule has 0 spiro atoms. The minimum atomic E-state index is 0.350. The fraction of sp³-hybridized carbons (Fsp3) is 1.00. The second-order valence-corrected chi connectivity index (χ2v) is 11.3. The molecule has 0 amide bonds. The molecular formula is C25H53P. The lowest BCUT2D eigenvalue weighted by Gasteiger charge is -2.12. The SMILES string of the molecule is CCCCCCCCCCCCP(C)CCCCCCCCCCCC. The standard InChI is InChI=1S/C25H53P/c1-4-6-8-10-12-14-16-18-20-22-24-26(3)25-23-21-19-17-15-13-11-9-7-5-2/h4-25H2,1-3H3. The third kappa shape index (κ3) is 22.5. The Kier molecular flexibility index (Phi) is 23.9. The molecule has 0 unspecified atom stereocenters. The summed E-state index contributed by atoms with van der Waals surface area (Å²) >= 11 is 0. The highest BCUT2D eigenvalue weighted by Gasteiger charge is 2.01. The maximum atomic E-state index is 2.55. The predicted octanol–water partition coefficient (Wildman–Crippen LogP) is 9.94. The largest absolute Gasteiger partial charge is 0.110 e. The summed E-state index contributed by atoms with van der Waals surface area (Å²) in [6, 6.07) is 0. The van der Waals surface area contributed by atoms with Gasteiger partial charge in [-0.1, -0.05) is 129 Å². The van der Waals surface area contributed by atoms with Crippen LogP contribution in [0.25, 0.3) is 0 Å². The Bertz CT molecular complexity index is 214. The maximum absolute atomic E-state index is 2.55. The lowest BCUT2D eigenvalue weighted by atomic mass is 10.1. The average Bonchev–Trinajstić information content (AvgIpc) is 2.64. The molecule has 0 aliphatic heterocycles. The van der Waals surface area contributed by atoms with Crippen molar-refractivity contribution in [2.24, 2.45) is 0 Å². The van der Waals surface area contributed by atoms with Crippen LogP contribution in [0.2, 0.25) is 0 Å². The van der Waals surface area contributed by atoms with Gasteiger partial charge in [-0.2, -0.15) is 0 Å². The first kappa shape index (κ1) is 26.4. The Morgan fingerprint density at radius 2 is 0.577 bits per heavy atom. The quantitative estimate of drug-likeness (QED) is 0.129. The van der Waals surface area contributed by atoms with E-state index in [0.29, 0.717) is 7.92 Å². The zero-order valence-electron chi connectivity index (χ0n) is 19.0. The van der Waals surface area contributed by atoms with Crippen molar-refractivity contribution in [3.8, 4) is 0 Å². The van der Waals surface area contributed by atoms with Crippen LogP contribution in [0.4, 0.5) is 0 Å². The van der Waals surface area contributed by atoms with Gasteiger partial charge in [0, 0.05) is 0 Å². The normalized spacial score (nSPS) is 11.5. The first-order valence-electron chi connectivity index (χ1n) is 12.5. The van der Waals surface area contributed by atoms with E-state index >= 15 is 0 Å². The van der Waals surface area contributed by atoms with E-state index in [9.17, 15) is 0 Å². The molecular weight excluding hydrogens is 331 g/mol. The molecule has 0 aromatic rings. The molecule has 0 aliphatic carbocycles. The number of rotatable bonds is 22. The molecule has 0 N–H and O–H groups in total. The van der Waals surface area contributed by atoms with Crippen LogP contribution in [0.3, 0.4) is 0 Å². The Morgan fingerprint density at radius 3 is 0.846 bits per heavy atom. The van der Waals surface area contributed by atoms with Crippen molar-refractivity contribution in [3.05, 3.63) is 0 Å². The lowest BCUT2D eigenvalue weighted by molar-refractivity contribution is 0.561. The van der Waals surface area contributed by atoms with E-state index in [-0.39, 0.29) is 0 Å². The summed E-state index contributed by atoms with van der Waals surface area (Å²) in [6.45, 7) is 7.16. The van der Waals surface area contributed by atoms with Gasteiger partial charge in [-0.25, -0.2) is 0 Å². The molecule has 26 heavy (non-hydrogen) atoms. The second-order valence-electron chi connectivity index (χ2n) is 8.67. The van der Waals surface area contributed by atoms with Gasteiger partial charge in [0.15, 0.2) is 0 Å². The van der Waals surface area contributed by atoms with Crippen molar-refractivity contribution in [1.29, 1.82) is 0 Å². The minimum Gasteiger partial charge on any atom is -0.110 e. The molecule has 0 aliphatic rings. The van der Waals surface area contributed by atoms with Crippen molar-refractivity contribution in [3.63, 3.8) is 0 Å². The molecule has 0 fully saturated rings. The number of unbranched alkanes of at least 4 members (excludes halogenated alkanes) is 18. The Labute approximate surface area is 169 Å². The van der Waals surface area contributed by atoms with Crippen LogP contribution in [0.15, 0.2) is 0 Å². The van der Waals surface area contributed by atoms with E-state index in [1.54, 1.807) is 12.3 Å². The molecule has 0 radical (unpaired) electrons. The third-order valence-electron chi connectivity index (χ3n) is 5.79. The summed E-state index contributed by atoms with van der Waals surface area (Å²) in [4.78, 5) is 0. The molecule has 0 saturated carbocycles. The van der Waals surface area contributed by atoms with Gasteiger partial charge in [-0.15, -0.1) is 7.92 Å². The van der Waals surface area contributed by atoms with Gasteiger partial charge >= 0.3 is 0 Å². The summed E-state index contributed by atoms with van der Waals surface area (Å²) in [6.07, 6.45) is 32.6. The van der Waals surface area contributed by atoms with Crippen LogP contribution in [0.5, 0.6) is 0 Å². The molecule has 0 bridgehead atoms. The van der Waals surface area contributed by atoms with Crippen molar-refractivity contribution in [2.45, 2.75) is 142 Å². The Hall–Kier alpha value is 0.430. The van der Waals surface area contributed by atoms with Gasteiger partial charge in [-0.3, -0.25) is 0 Å². The van der Waals surface area contributed by atoms with E-state index in [1.807, 2.05) is 0 Å². The predicted molar refractivity (Wildman–Crippen MR) is 126 cm³/mol. The van der Waals surface area contributed by atoms with E-state index < -0.39 is 0 Å². The van der Waals surface area contributed by atoms with Gasteiger partial charge in [0.05, 0.1) is 0 Å². The Balaban J connectivity index is 3.12. The molecule has 0 heterocycles. The fourth-order valence-corrected chi connectivity index (χ4v) is 5.60. The molecule has 0 nitrogen and oxygen atoms in total. The van der Waals surface area contributed by atoms with Crippen molar-refractivity contribution < 1.29 is 0 Å². The molecule has 0 aromatic carbocycles. The van der Waals surface area contributed by atoms with Crippen LogP contribution in [0, 0.1) is 0 Å².